The number of methoxy groups -OCH3 is 1. The average molecular weight is 282 g/mol. The van der Waals surface area contributed by atoms with E-state index in [9.17, 15) is 4.39 Å². The van der Waals surface area contributed by atoms with Gasteiger partial charge in [-0.15, -0.1) is 0 Å². The molecule has 0 fully saturated rings. The fraction of sp³-hybridized carbons (Fsp3) is 0.625. The van der Waals surface area contributed by atoms with Gasteiger partial charge in [0.1, 0.15) is 0 Å². The molecule has 114 valence electrons. The summed E-state index contributed by atoms with van der Waals surface area (Å²) in [4.78, 5) is 2.22. The van der Waals surface area contributed by atoms with Crippen LogP contribution in [0.3, 0.4) is 0 Å². The fourth-order valence-electron chi connectivity index (χ4n) is 2.43. The molecule has 0 aliphatic rings. The minimum atomic E-state index is -0.301. The zero-order valence-corrected chi connectivity index (χ0v) is 13.3. The maximum Gasteiger partial charge on any atom is 0.165 e. The molecular weight excluding hydrogens is 255 g/mol. The van der Waals surface area contributed by atoms with Gasteiger partial charge in [-0.1, -0.05) is 26.8 Å². The van der Waals surface area contributed by atoms with Crippen LogP contribution in [-0.2, 0) is 6.54 Å². The van der Waals surface area contributed by atoms with E-state index < -0.39 is 0 Å². The van der Waals surface area contributed by atoms with Crippen molar-refractivity contribution >= 4 is 0 Å². The smallest absolute Gasteiger partial charge is 0.165 e. The van der Waals surface area contributed by atoms with Crippen LogP contribution in [0.15, 0.2) is 18.2 Å². The molecule has 4 heteroatoms. The predicted octanol–water partition coefficient (Wildman–Crippen LogP) is 2.90. The van der Waals surface area contributed by atoms with Crippen LogP contribution in [0.25, 0.3) is 0 Å². The van der Waals surface area contributed by atoms with E-state index in [1.54, 1.807) is 12.1 Å². The largest absolute Gasteiger partial charge is 0.494 e. The van der Waals surface area contributed by atoms with Crippen molar-refractivity contribution in [1.82, 2.24) is 10.2 Å². The van der Waals surface area contributed by atoms with E-state index in [-0.39, 0.29) is 11.2 Å². The van der Waals surface area contributed by atoms with E-state index in [4.69, 9.17) is 4.74 Å². The lowest BCUT2D eigenvalue weighted by Crippen LogP contribution is -2.38. The Balaban J connectivity index is 2.57. The molecule has 3 nitrogen and oxygen atoms in total. The molecule has 0 radical (unpaired) electrons. The first kappa shape index (κ1) is 16.9. The standard InChI is InChI=1S/C16H27FN2O/c1-6-18-11-16(2,3)12-19(4)10-13-7-8-15(20-5)14(17)9-13/h7-9,18H,6,10-12H2,1-5H3. The van der Waals surface area contributed by atoms with Gasteiger partial charge in [-0.25, -0.2) is 4.39 Å². The van der Waals surface area contributed by atoms with Crippen molar-refractivity contribution in [3.8, 4) is 5.75 Å². The SMILES string of the molecule is CCNCC(C)(C)CN(C)Cc1ccc(OC)c(F)c1. The Kier molecular flexibility index (Phi) is 6.43. The van der Waals surface area contributed by atoms with Crippen LogP contribution in [0.5, 0.6) is 5.75 Å². The number of halogens is 1. The van der Waals surface area contributed by atoms with Crippen molar-refractivity contribution in [2.24, 2.45) is 5.41 Å². The van der Waals surface area contributed by atoms with Gasteiger partial charge in [0, 0.05) is 19.6 Å². The van der Waals surface area contributed by atoms with Gasteiger partial charge in [-0.2, -0.15) is 0 Å². The first-order chi connectivity index (χ1) is 9.38. The van der Waals surface area contributed by atoms with Gasteiger partial charge in [0.15, 0.2) is 11.6 Å². The normalized spacial score (nSPS) is 11.9. The zero-order chi connectivity index (χ0) is 15.2. The third kappa shape index (κ3) is 5.47. The molecule has 0 aromatic heterocycles. The minimum absolute atomic E-state index is 0.190. The molecule has 0 aliphatic heterocycles. The first-order valence-electron chi connectivity index (χ1n) is 7.09. The van der Waals surface area contributed by atoms with Crippen LogP contribution in [0.2, 0.25) is 0 Å². The summed E-state index contributed by atoms with van der Waals surface area (Å²) >= 11 is 0. The van der Waals surface area contributed by atoms with Gasteiger partial charge < -0.3 is 15.0 Å². The highest BCUT2D eigenvalue weighted by Crippen LogP contribution is 2.20. The lowest BCUT2D eigenvalue weighted by Gasteiger charge is -2.30. The average Bonchev–Trinajstić information content (AvgIpc) is 2.36. The topological polar surface area (TPSA) is 24.5 Å². The molecule has 0 unspecified atom stereocenters. The van der Waals surface area contributed by atoms with Gasteiger partial charge in [0.2, 0.25) is 0 Å². The highest BCUT2D eigenvalue weighted by molar-refractivity contribution is 5.29. The van der Waals surface area contributed by atoms with Gasteiger partial charge in [-0.3, -0.25) is 0 Å². The monoisotopic (exact) mass is 282 g/mol. The molecule has 1 aromatic carbocycles. The number of benzene rings is 1. The predicted molar refractivity (Wildman–Crippen MR) is 81.6 cm³/mol. The van der Waals surface area contributed by atoms with Crippen LogP contribution < -0.4 is 10.1 Å². The number of ether oxygens (including phenoxy) is 1. The Morgan fingerprint density at radius 1 is 1.35 bits per heavy atom. The lowest BCUT2D eigenvalue weighted by atomic mass is 9.92. The molecule has 0 saturated carbocycles. The molecule has 0 atom stereocenters. The molecule has 1 rings (SSSR count). The van der Waals surface area contributed by atoms with E-state index in [0.29, 0.717) is 5.75 Å². The van der Waals surface area contributed by atoms with Crippen LogP contribution in [0.1, 0.15) is 26.3 Å². The highest BCUT2D eigenvalue weighted by atomic mass is 19.1. The maximum absolute atomic E-state index is 13.7. The van der Waals surface area contributed by atoms with E-state index in [0.717, 1.165) is 31.7 Å². The molecule has 0 amide bonds. The second-order valence-corrected chi connectivity index (χ2v) is 6.09. The van der Waals surface area contributed by atoms with Crippen LogP contribution in [0.4, 0.5) is 4.39 Å². The quantitative estimate of drug-likeness (QED) is 0.793. The number of nitrogens with one attached hydrogen (secondary N) is 1. The molecule has 0 aliphatic carbocycles. The number of hydrogen-bond donors (Lipinski definition) is 1. The van der Waals surface area contributed by atoms with E-state index in [2.05, 4.69) is 38.0 Å². The lowest BCUT2D eigenvalue weighted by molar-refractivity contribution is 0.199. The molecule has 1 N–H and O–H groups in total. The van der Waals surface area contributed by atoms with Crippen molar-refractivity contribution in [2.75, 3.05) is 33.8 Å². The molecular formula is C16H27FN2O. The van der Waals surface area contributed by atoms with Gasteiger partial charge in [0.25, 0.3) is 0 Å². The van der Waals surface area contributed by atoms with Gasteiger partial charge in [-0.05, 0) is 36.7 Å². The summed E-state index contributed by atoms with van der Waals surface area (Å²) in [5.41, 5.74) is 1.15. The Labute approximate surface area is 122 Å². The summed E-state index contributed by atoms with van der Waals surface area (Å²) < 4.78 is 18.6. The summed E-state index contributed by atoms with van der Waals surface area (Å²) in [6.45, 7) is 10.2. The van der Waals surface area contributed by atoms with E-state index in [1.807, 2.05) is 6.07 Å². The third-order valence-corrected chi connectivity index (χ3v) is 3.22. The van der Waals surface area contributed by atoms with Crippen LogP contribution in [-0.4, -0.2) is 38.7 Å². The summed E-state index contributed by atoms with van der Waals surface area (Å²) in [6, 6.07) is 5.14. The van der Waals surface area contributed by atoms with Crippen molar-refractivity contribution in [3.63, 3.8) is 0 Å². The van der Waals surface area contributed by atoms with Crippen molar-refractivity contribution in [2.45, 2.75) is 27.3 Å². The highest BCUT2D eigenvalue weighted by Gasteiger charge is 2.19. The van der Waals surface area contributed by atoms with Crippen LogP contribution in [0, 0.1) is 11.2 Å². The Morgan fingerprint density at radius 2 is 2.05 bits per heavy atom. The van der Waals surface area contributed by atoms with E-state index in [1.165, 1.54) is 7.11 Å². The molecule has 0 heterocycles. The van der Waals surface area contributed by atoms with Crippen molar-refractivity contribution in [3.05, 3.63) is 29.6 Å². The van der Waals surface area contributed by atoms with Crippen LogP contribution >= 0.6 is 0 Å². The third-order valence-electron chi connectivity index (χ3n) is 3.22. The molecule has 20 heavy (non-hydrogen) atoms. The molecule has 0 spiro atoms. The van der Waals surface area contributed by atoms with Gasteiger partial charge >= 0.3 is 0 Å². The summed E-state index contributed by atoms with van der Waals surface area (Å²) in [7, 11) is 3.54. The second kappa shape index (κ2) is 7.60. The summed E-state index contributed by atoms with van der Waals surface area (Å²) in [5.74, 6) is -0.00538. The second-order valence-electron chi connectivity index (χ2n) is 6.09. The molecule has 1 aromatic rings. The summed E-state index contributed by atoms with van der Waals surface area (Å²) in [6.07, 6.45) is 0. The fourth-order valence-corrected chi connectivity index (χ4v) is 2.43. The zero-order valence-electron chi connectivity index (χ0n) is 13.3. The Bertz CT molecular complexity index is 421. The Morgan fingerprint density at radius 3 is 2.60 bits per heavy atom. The number of nitrogens with zero attached hydrogens (tertiary/aromatic N) is 1. The summed E-state index contributed by atoms with van der Waals surface area (Å²) in [5, 5.41) is 3.38. The van der Waals surface area contributed by atoms with E-state index >= 15 is 0 Å². The van der Waals surface area contributed by atoms with Crippen molar-refractivity contribution < 1.29 is 9.13 Å². The Hall–Kier alpha value is -1.13. The number of hydrogen-bond acceptors (Lipinski definition) is 3. The molecule has 0 bridgehead atoms. The van der Waals surface area contributed by atoms with Gasteiger partial charge in [0.05, 0.1) is 7.11 Å². The number of rotatable bonds is 8. The maximum atomic E-state index is 13.7. The minimum Gasteiger partial charge on any atom is -0.494 e. The first-order valence-corrected chi connectivity index (χ1v) is 7.09. The molecule has 0 saturated heterocycles. The van der Waals surface area contributed by atoms with Crippen molar-refractivity contribution in [1.29, 1.82) is 0 Å².